The first-order valence-corrected chi connectivity index (χ1v) is 5.99. The van der Waals surface area contributed by atoms with Crippen LogP contribution in [0.1, 0.15) is 24.4 Å². The molecule has 1 saturated heterocycles. The highest BCUT2D eigenvalue weighted by Gasteiger charge is 2.34. The van der Waals surface area contributed by atoms with E-state index in [9.17, 15) is 19.4 Å². The van der Waals surface area contributed by atoms with Gasteiger partial charge in [-0.2, -0.15) is 0 Å². The molecule has 2 rings (SSSR count). The third-order valence-electron chi connectivity index (χ3n) is 3.45. The summed E-state index contributed by atoms with van der Waals surface area (Å²) in [5, 5.41) is 18.6. The van der Waals surface area contributed by atoms with E-state index in [0.717, 1.165) is 18.4 Å². The number of aliphatic hydroxyl groups is 1. The second-order valence-corrected chi connectivity index (χ2v) is 4.56. The predicted octanol–water partition coefficient (Wildman–Crippen LogP) is 2.25. The van der Waals surface area contributed by atoms with E-state index in [0.29, 0.717) is 6.54 Å². The van der Waals surface area contributed by atoms with E-state index in [1.807, 2.05) is 0 Å². The quantitative estimate of drug-likeness (QED) is 0.849. The third-order valence-corrected chi connectivity index (χ3v) is 3.45. The number of likely N-dealkylation sites (tertiary alicyclic amines) is 1. The minimum atomic E-state index is -0.998. The first kappa shape index (κ1) is 12.8. The van der Waals surface area contributed by atoms with Gasteiger partial charge in [-0.3, -0.25) is 0 Å². The number of hydrogen-bond acceptors (Lipinski definition) is 2. The largest absolute Gasteiger partial charge is 0.465 e. The molecule has 1 amide bonds. The molecule has 0 aliphatic carbocycles. The van der Waals surface area contributed by atoms with Gasteiger partial charge in [0.25, 0.3) is 0 Å². The molecule has 2 atom stereocenters. The summed E-state index contributed by atoms with van der Waals surface area (Å²) in [6, 6.07) is 5.42. The van der Waals surface area contributed by atoms with Crippen LogP contribution in [0.25, 0.3) is 0 Å². The second kappa shape index (κ2) is 5.35. The molecule has 1 aromatic carbocycles. The van der Waals surface area contributed by atoms with E-state index in [4.69, 9.17) is 0 Å². The zero-order valence-electron chi connectivity index (χ0n) is 9.92. The van der Waals surface area contributed by atoms with E-state index in [1.54, 1.807) is 12.1 Å². The Hall–Kier alpha value is -1.62. The molecular weight excluding hydrogens is 237 g/mol. The highest BCUT2D eigenvalue weighted by molar-refractivity contribution is 5.66. The molecule has 4 nitrogen and oxygen atoms in total. The van der Waals surface area contributed by atoms with Crippen LogP contribution in [-0.4, -0.2) is 34.4 Å². The van der Waals surface area contributed by atoms with Crippen LogP contribution in [-0.2, 0) is 0 Å². The summed E-state index contributed by atoms with van der Waals surface area (Å²) in [4.78, 5) is 12.6. The van der Waals surface area contributed by atoms with Gasteiger partial charge in [0, 0.05) is 19.1 Å². The van der Waals surface area contributed by atoms with E-state index in [-0.39, 0.29) is 24.4 Å². The Balaban J connectivity index is 2.33. The Morgan fingerprint density at radius 1 is 1.39 bits per heavy atom. The van der Waals surface area contributed by atoms with Crippen molar-refractivity contribution in [3.05, 3.63) is 35.6 Å². The molecule has 0 saturated carbocycles. The van der Waals surface area contributed by atoms with E-state index < -0.39 is 6.09 Å². The lowest BCUT2D eigenvalue weighted by Gasteiger charge is -2.39. The topological polar surface area (TPSA) is 60.8 Å². The van der Waals surface area contributed by atoms with Gasteiger partial charge in [-0.1, -0.05) is 12.1 Å². The SMILES string of the molecule is O=C(O)N1CCCC(CO)C1c1ccc(F)cc1. The fourth-order valence-corrected chi connectivity index (χ4v) is 2.59. The zero-order valence-corrected chi connectivity index (χ0v) is 9.92. The number of benzene rings is 1. The number of carbonyl (C=O) groups is 1. The maximum atomic E-state index is 12.9. The fraction of sp³-hybridized carbons (Fsp3) is 0.462. The third kappa shape index (κ3) is 2.46. The summed E-state index contributed by atoms with van der Waals surface area (Å²) in [5.74, 6) is -0.475. The van der Waals surface area contributed by atoms with Crippen molar-refractivity contribution in [1.82, 2.24) is 4.90 Å². The Morgan fingerprint density at radius 3 is 2.61 bits per heavy atom. The van der Waals surface area contributed by atoms with Gasteiger partial charge in [0.1, 0.15) is 5.82 Å². The summed E-state index contributed by atoms with van der Waals surface area (Å²) in [7, 11) is 0. The van der Waals surface area contributed by atoms with Crippen LogP contribution in [0.5, 0.6) is 0 Å². The van der Waals surface area contributed by atoms with Gasteiger partial charge < -0.3 is 15.1 Å². The molecule has 1 heterocycles. The van der Waals surface area contributed by atoms with Crippen molar-refractivity contribution >= 4 is 6.09 Å². The van der Waals surface area contributed by atoms with E-state index >= 15 is 0 Å². The second-order valence-electron chi connectivity index (χ2n) is 4.56. The van der Waals surface area contributed by atoms with E-state index in [2.05, 4.69) is 0 Å². The molecule has 1 aliphatic rings. The Kier molecular flexibility index (Phi) is 3.81. The molecular formula is C13H16FNO3. The minimum Gasteiger partial charge on any atom is -0.465 e. The minimum absolute atomic E-state index is 0.0637. The zero-order chi connectivity index (χ0) is 13.1. The summed E-state index contributed by atoms with van der Waals surface area (Å²) < 4.78 is 12.9. The molecule has 0 aromatic heterocycles. The highest BCUT2D eigenvalue weighted by Crippen LogP contribution is 2.35. The maximum Gasteiger partial charge on any atom is 0.407 e. The number of carboxylic acid groups (broad SMARTS) is 1. The average Bonchev–Trinajstić information content (AvgIpc) is 2.38. The Bertz CT molecular complexity index is 421. The molecule has 1 aromatic rings. The molecule has 0 bridgehead atoms. The van der Waals surface area contributed by atoms with Crippen LogP contribution in [0.15, 0.2) is 24.3 Å². The van der Waals surface area contributed by atoms with Crippen molar-refractivity contribution in [3.8, 4) is 0 Å². The predicted molar refractivity (Wildman–Crippen MR) is 63.7 cm³/mol. The molecule has 18 heavy (non-hydrogen) atoms. The van der Waals surface area contributed by atoms with Crippen LogP contribution in [0.2, 0.25) is 0 Å². The fourth-order valence-electron chi connectivity index (χ4n) is 2.59. The highest BCUT2D eigenvalue weighted by atomic mass is 19.1. The Morgan fingerprint density at radius 2 is 2.06 bits per heavy atom. The van der Waals surface area contributed by atoms with Crippen LogP contribution in [0.4, 0.5) is 9.18 Å². The number of hydrogen-bond donors (Lipinski definition) is 2. The van der Waals surface area contributed by atoms with Gasteiger partial charge in [-0.25, -0.2) is 9.18 Å². The number of rotatable bonds is 2. The smallest absolute Gasteiger partial charge is 0.407 e. The van der Waals surface area contributed by atoms with Crippen molar-refractivity contribution < 1.29 is 19.4 Å². The van der Waals surface area contributed by atoms with Gasteiger partial charge in [-0.05, 0) is 30.5 Å². The van der Waals surface area contributed by atoms with Gasteiger partial charge in [0.2, 0.25) is 0 Å². The van der Waals surface area contributed by atoms with Gasteiger partial charge in [0.15, 0.2) is 0 Å². The van der Waals surface area contributed by atoms with Crippen LogP contribution in [0, 0.1) is 11.7 Å². The molecule has 2 N–H and O–H groups in total. The summed E-state index contributed by atoms with van der Waals surface area (Å²) >= 11 is 0. The Labute approximate surface area is 105 Å². The van der Waals surface area contributed by atoms with Crippen molar-refractivity contribution in [2.24, 2.45) is 5.92 Å². The number of piperidine rings is 1. The first-order chi connectivity index (χ1) is 8.63. The number of amides is 1. The van der Waals surface area contributed by atoms with Crippen molar-refractivity contribution in [1.29, 1.82) is 0 Å². The molecule has 1 fully saturated rings. The van der Waals surface area contributed by atoms with Crippen molar-refractivity contribution in [3.63, 3.8) is 0 Å². The molecule has 98 valence electrons. The van der Waals surface area contributed by atoms with Crippen molar-refractivity contribution in [2.45, 2.75) is 18.9 Å². The summed E-state index contributed by atoms with van der Waals surface area (Å²) in [5.41, 5.74) is 0.734. The standard InChI is InChI=1S/C13H16FNO3/c14-11-5-3-9(4-6-11)12-10(8-16)2-1-7-15(12)13(17)18/h3-6,10,12,16H,1-2,7-8H2,(H,17,18). The number of aliphatic hydroxyl groups excluding tert-OH is 1. The number of nitrogens with zero attached hydrogens (tertiary/aromatic N) is 1. The van der Waals surface area contributed by atoms with E-state index in [1.165, 1.54) is 17.0 Å². The lowest BCUT2D eigenvalue weighted by atomic mass is 9.85. The lowest BCUT2D eigenvalue weighted by molar-refractivity contribution is 0.0535. The average molecular weight is 253 g/mol. The maximum absolute atomic E-state index is 12.9. The molecule has 0 radical (unpaired) electrons. The van der Waals surface area contributed by atoms with Crippen LogP contribution in [0.3, 0.4) is 0 Å². The van der Waals surface area contributed by atoms with Crippen LogP contribution >= 0.6 is 0 Å². The first-order valence-electron chi connectivity index (χ1n) is 5.99. The van der Waals surface area contributed by atoms with Crippen LogP contribution < -0.4 is 0 Å². The summed E-state index contributed by atoms with van der Waals surface area (Å²) in [6.45, 7) is 0.389. The van der Waals surface area contributed by atoms with Crippen molar-refractivity contribution in [2.75, 3.05) is 13.2 Å². The van der Waals surface area contributed by atoms with Gasteiger partial charge >= 0.3 is 6.09 Å². The summed E-state index contributed by atoms with van der Waals surface area (Å²) in [6.07, 6.45) is 0.528. The molecule has 5 heteroatoms. The molecule has 0 spiro atoms. The molecule has 2 unspecified atom stereocenters. The van der Waals surface area contributed by atoms with Gasteiger partial charge in [-0.15, -0.1) is 0 Å². The number of halogens is 1. The normalized spacial score (nSPS) is 24.0. The van der Waals surface area contributed by atoms with Gasteiger partial charge in [0.05, 0.1) is 6.04 Å². The lowest BCUT2D eigenvalue weighted by Crippen LogP contribution is -2.43. The molecule has 1 aliphatic heterocycles. The monoisotopic (exact) mass is 253 g/mol.